The van der Waals surface area contributed by atoms with Gasteiger partial charge in [-0.25, -0.2) is 19.6 Å². The molecule has 3 aliphatic heterocycles. The number of benzene rings is 3. The number of nitrogens with one attached hydrogen (secondary N) is 4. The average molecular weight is 831 g/mol. The van der Waals surface area contributed by atoms with Gasteiger partial charge in [0.2, 0.25) is 11.8 Å². The lowest BCUT2D eigenvalue weighted by Gasteiger charge is -2.30. The zero-order chi connectivity index (χ0) is 43.1. The fourth-order valence-electron chi connectivity index (χ4n) is 9.15. The van der Waals surface area contributed by atoms with Crippen LogP contribution < -0.4 is 15.4 Å². The summed E-state index contributed by atoms with van der Waals surface area (Å²) in [6.45, 7) is 11.0. The predicted molar refractivity (Wildman–Crippen MR) is 229 cm³/mol. The molecule has 15 nitrogen and oxygen atoms in total. The van der Waals surface area contributed by atoms with E-state index in [1.165, 1.54) is 14.2 Å². The van der Waals surface area contributed by atoms with Crippen molar-refractivity contribution in [2.24, 2.45) is 11.8 Å². The lowest BCUT2D eigenvalue weighted by atomic mass is 9.85. The Bertz CT molecular complexity index is 2470. The van der Waals surface area contributed by atoms with Crippen molar-refractivity contribution in [2.75, 3.05) is 27.3 Å². The summed E-state index contributed by atoms with van der Waals surface area (Å²) in [4.78, 5) is 71.4. The minimum absolute atomic E-state index is 0.0539. The molecule has 5 atom stereocenters. The summed E-state index contributed by atoms with van der Waals surface area (Å²) in [7, 11) is 2.58. The van der Waals surface area contributed by atoms with Gasteiger partial charge in [-0.1, -0.05) is 65.0 Å². The van der Waals surface area contributed by atoms with Gasteiger partial charge in [-0.2, -0.15) is 0 Å². The molecule has 3 aliphatic rings. The van der Waals surface area contributed by atoms with Crippen LogP contribution in [-0.2, 0) is 19.1 Å². The Hall–Kier alpha value is -6.38. The second-order valence-corrected chi connectivity index (χ2v) is 16.9. The van der Waals surface area contributed by atoms with Crippen LogP contribution in [0.1, 0.15) is 101 Å². The number of methoxy groups -OCH3 is 2. The monoisotopic (exact) mass is 830 g/mol. The molecule has 2 aromatic heterocycles. The number of H-pyrrole nitrogens is 2. The SMILES string of the molecule is COC(=O)N[C@H](C(=O)N1CCC[C@H]1c1ncc(-c2ccc3c(c2)Oc2ccc4cc(-c5cnc([C@@H]6CCCN6C(=O)[C@@H](NC(=O)OC)C(C)C)[nH]5)ccc4c2[C@@H]3C)[nH]1)C(C)C. The fourth-order valence-corrected chi connectivity index (χ4v) is 9.15. The highest BCUT2D eigenvalue weighted by atomic mass is 16.5. The molecule has 2 fully saturated rings. The fraction of sp³-hybridized carbons (Fsp3) is 0.435. The van der Waals surface area contributed by atoms with E-state index in [-0.39, 0.29) is 41.7 Å². The first-order chi connectivity index (χ1) is 29.4. The molecule has 3 aromatic carbocycles. The number of amides is 4. The van der Waals surface area contributed by atoms with Gasteiger partial charge in [0.25, 0.3) is 0 Å². The summed E-state index contributed by atoms with van der Waals surface area (Å²) < 4.78 is 16.2. The topological polar surface area (TPSA) is 184 Å². The Morgan fingerprint density at radius 3 is 1.77 bits per heavy atom. The van der Waals surface area contributed by atoms with Crippen LogP contribution in [0.5, 0.6) is 11.5 Å². The number of carbonyl (C=O) groups is 4. The van der Waals surface area contributed by atoms with Crippen LogP contribution in [0, 0.1) is 11.8 Å². The van der Waals surface area contributed by atoms with Crippen molar-refractivity contribution >= 4 is 34.8 Å². The molecule has 4 N–H and O–H groups in total. The van der Waals surface area contributed by atoms with E-state index in [0.717, 1.165) is 87.4 Å². The quantitative estimate of drug-likeness (QED) is 0.108. The van der Waals surface area contributed by atoms with Crippen LogP contribution in [0.15, 0.2) is 60.9 Å². The molecular weight excluding hydrogens is 777 g/mol. The highest BCUT2D eigenvalue weighted by Crippen LogP contribution is 2.48. The minimum Gasteiger partial charge on any atom is -0.457 e. The predicted octanol–water partition coefficient (Wildman–Crippen LogP) is 7.97. The zero-order valence-electron chi connectivity index (χ0n) is 35.7. The number of nitrogens with zero attached hydrogens (tertiary/aromatic N) is 4. The lowest BCUT2D eigenvalue weighted by molar-refractivity contribution is -0.136. The van der Waals surface area contributed by atoms with Crippen molar-refractivity contribution in [1.82, 2.24) is 40.4 Å². The van der Waals surface area contributed by atoms with Crippen LogP contribution >= 0.6 is 0 Å². The summed E-state index contributed by atoms with van der Waals surface area (Å²) >= 11 is 0. The number of likely N-dealkylation sites (tertiary alicyclic amines) is 2. The van der Waals surface area contributed by atoms with Crippen LogP contribution in [-0.4, -0.2) is 93.1 Å². The van der Waals surface area contributed by atoms with Gasteiger partial charge in [0, 0.05) is 41.3 Å². The Morgan fingerprint density at radius 2 is 1.25 bits per heavy atom. The number of ether oxygens (including phenoxy) is 3. The molecule has 5 aromatic rings. The smallest absolute Gasteiger partial charge is 0.407 e. The third-order valence-corrected chi connectivity index (χ3v) is 12.5. The van der Waals surface area contributed by atoms with E-state index in [1.54, 1.807) is 6.20 Å². The molecule has 5 heterocycles. The number of carbonyl (C=O) groups excluding carboxylic acids is 4. The number of fused-ring (bicyclic) bond motifs is 4. The molecule has 0 bridgehead atoms. The maximum Gasteiger partial charge on any atom is 0.407 e. The summed E-state index contributed by atoms with van der Waals surface area (Å²) in [5.74, 6) is 2.54. The molecule has 0 unspecified atom stereocenters. The van der Waals surface area contributed by atoms with E-state index < -0.39 is 24.3 Å². The minimum atomic E-state index is -0.703. The van der Waals surface area contributed by atoms with E-state index in [2.05, 4.69) is 63.9 Å². The van der Waals surface area contributed by atoms with Crippen molar-refractivity contribution < 1.29 is 33.4 Å². The van der Waals surface area contributed by atoms with E-state index >= 15 is 0 Å². The van der Waals surface area contributed by atoms with Gasteiger partial charge in [-0.3, -0.25) is 9.59 Å². The molecule has 0 aliphatic carbocycles. The van der Waals surface area contributed by atoms with Gasteiger partial charge >= 0.3 is 12.2 Å². The van der Waals surface area contributed by atoms with Gasteiger partial charge in [-0.05, 0) is 66.5 Å². The van der Waals surface area contributed by atoms with Crippen LogP contribution in [0.3, 0.4) is 0 Å². The Morgan fingerprint density at radius 1 is 0.721 bits per heavy atom. The lowest BCUT2D eigenvalue weighted by Crippen LogP contribution is -2.51. The largest absolute Gasteiger partial charge is 0.457 e. The normalized spacial score (nSPS) is 19.3. The molecule has 4 amide bonds. The maximum atomic E-state index is 13.7. The molecule has 61 heavy (non-hydrogen) atoms. The first kappa shape index (κ1) is 41.4. The average Bonchev–Trinajstić information content (AvgIpc) is 4.10. The van der Waals surface area contributed by atoms with E-state index in [1.807, 2.05) is 55.8 Å². The van der Waals surface area contributed by atoms with Gasteiger partial charge in [0.1, 0.15) is 35.2 Å². The molecule has 15 heteroatoms. The second kappa shape index (κ2) is 16.9. The summed E-state index contributed by atoms with van der Waals surface area (Å²) in [5, 5.41) is 7.59. The van der Waals surface area contributed by atoms with Crippen molar-refractivity contribution in [3.8, 4) is 34.0 Å². The van der Waals surface area contributed by atoms with Crippen molar-refractivity contribution in [2.45, 2.75) is 90.4 Å². The first-order valence-corrected chi connectivity index (χ1v) is 21.2. The summed E-state index contributed by atoms with van der Waals surface area (Å²) in [6.07, 6.45) is 5.58. The van der Waals surface area contributed by atoms with Gasteiger partial charge < -0.3 is 44.6 Å². The first-order valence-electron chi connectivity index (χ1n) is 21.2. The highest BCUT2D eigenvalue weighted by molar-refractivity contribution is 5.93. The number of alkyl carbamates (subject to hydrolysis) is 2. The number of hydrogen-bond acceptors (Lipinski definition) is 9. The van der Waals surface area contributed by atoms with Crippen LogP contribution in [0.25, 0.3) is 33.3 Å². The van der Waals surface area contributed by atoms with E-state index in [9.17, 15) is 19.2 Å². The van der Waals surface area contributed by atoms with Gasteiger partial charge in [-0.15, -0.1) is 0 Å². The number of imidazole rings is 2. The van der Waals surface area contributed by atoms with Gasteiger partial charge in [0.15, 0.2) is 0 Å². The number of aromatic nitrogens is 4. The highest BCUT2D eigenvalue weighted by Gasteiger charge is 2.39. The standard InChI is InChI=1S/C46H54N8O7/c1-24(2)39(51-45(57)59-6)43(55)53-18-8-10-34(53)41-47-22-32(49-41)28-13-16-31-27(20-28)14-17-36-38(31)26(5)30-15-12-29(21-37(30)61-36)33-23-48-42(50-33)35-11-9-19-54(35)44(56)40(25(3)4)52-46(58)60-7/h12-17,20-26,34-35,39-40H,8-11,18-19H2,1-7H3,(H,47,49)(H,48,50)(H,51,57)(H,52,58)/t26-,34+,35+,39+,40+/m1/s1. The molecule has 8 rings (SSSR count). The molecule has 0 saturated carbocycles. The number of hydrogen-bond donors (Lipinski definition) is 4. The second-order valence-electron chi connectivity index (χ2n) is 16.9. The Labute approximate surface area is 354 Å². The third-order valence-electron chi connectivity index (χ3n) is 12.5. The molecule has 0 radical (unpaired) electrons. The van der Waals surface area contributed by atoms with Crippen molar-refractivity contribution in [1.29, 1.82) is 0 Å². The molecule has 2 saturated heterocycles. The third kappa shape index (κ3) is 7.88. The molecule has 320 valence electrons. The van der Waals surface area contributed by atoms with Gasteiger partial charge in [0.05, 0.1) is 50.1 Å². The van der Waals surface area contributed by atoms with Crippen molar-refractivity contribution in [3.63, 3.8) is 0 Å². The summed E-state index contributed by atoms with van der Waals surface area (Å²) in [5.41, 5.74) is 5.77. The number of rotatable bonds is 10. The van der Waals surface area contributed by atoms with E-state index in [0.29, 0.717) is 18.9 Å². The molecule has 0 spiro atoms. The zero-order valence-corrected chi connectivity index (χ0v) is 35.7. The summed E-state index contributed by atoms with van der Waals surface area (Å²) in [6, 6.07) is 14.8. The van der Waals surface area contributed by atoms with Crippen molar-refractivity contribution in [3.05, 3.63) is 83.7 Å². The number of aromatic amines is 2. The van der Waals surface area contributed by atoms with E-state index in [4.69, 9.17) is 24.2 Å². The van der Waals surface area contributed by atoms with Crippen LogP contribution in [0.4, 0.5) is 9.59 Å². The Balaban J connectivity index is 0.987. The molecular formula is C46H54N8O7. The maximum absolute atomic E-state index is 13.7. The Kier molecular flexibility index (Phi) is 11.5. The van der Waals surface area contributed by atoms with Crippen LogP contribution in [0.2, 0.25) is 0 Å².